The number of nitrogens with zero attached hydrogens (tertiary/aromatic N) is 14. The van der Waals surface area contributed by atoms with Gasteiger partial charge in [-0.05, 0) is 130 Å². The maximum absolute atomic E-state index is 14.5. The number of piperidine rings is 2. The van der Waals surface area contributed by atoms with Crippen molar-refractivity contribution in [2.75, 3.05) is 50.0 Å². The third-order valence-corrected chi connectivity index (χ3v) is 16.7. The van der Waals surface area contributed by atoms with Gasteiger partial charge in [0.1, 0.15) is 51.0 Å². The van der Waals surface area contributed by atoms with E-state index in [1.807, 2.05) is 37.3 Å². The largest absolute Gasteiger partial charge is 0.444 e. The van der Waals surface area contributed by atoms with Crippen LogP contribution in [0.1, 0.15) is 124 Å². The van der Waals surface area contributed by atoms with E-state index in [2.05, 4.69) is 50.9 Å². The molecular weight excluding hydrogens is 1230 g/mol. The van der Waals surface area contributed by atoms with Gasteiger partial charge in [0.15, 0.2) is 23.8 Å². The third kappa shape index (κ3) is 14.3. The molecule has 1 aromatic carbocycles. The van der Waals surface area contributed by atoms with Gasteiger partial charge in [-0.1, -0.05) is 40.6 Å². The highest BCUT2D eigenvalue weighted by Crippen LogP contribution is 2.43. The highest BCUT2D eigenvalue weighted by molar-refractivity contribution is 5.94. The van der Waals surface area contributed by atoms with E-state index >= 15 is 0 Å². The summed E-state index contributed by atoms with van der Waals surface area (Å²) in [5.41, 5.74) is 1.92. The average molecular weight is 1310 g/mol. The second-order valence-corrected chi connectivity index (χ2v) is 25.2. The number of halogens is 6. The van der Waals surface area contributed by atoms with Crippen LogP contribution in [0.2, 0.25) is 0 Å². The predicted octanol–water partition coefficient (Wildman–Crippen LogP) is 11.6. The molecule has 498 valence electrons. The molecule has 0 spiro atoms. The molecule has 94 heavy (non-hydrogen) atoms. The number of β-amino-alcohol motifs (C(OH)–C–C–N with tert-alkyl or cyclic N) is 2. The number of likely N-dealkylation sites (tertiary alicyclic amines) is 2. The lowest BCUT2D eigenvalue weighted by Gasteiger charge is -2.36. The molecule has 8 aromatic heterocycles. The van der Waals surface area contributed by atoms with Crippen LogP contribution in [0.25, 0.3) is 67.4 Å². The Morgan fingerprint density at radius 1 is 0.606 bits per heavy atom. The summed E-state index contributed by atoms with van der Waals surface area (Å²) in [6.07, 6.45) is -5.86. The van der Waals surface area contributed by atoms with Crippen LogP contribution >= 0.6 is 0 Å². The van der Waals surface area contributed by atoms with Gasteiger partial charge in [-0.15, -0.1) is 0 Å². The second-order valence-electron chi connectivity index (χ2n) is 25.2. The Kier molecular flexibility index (Phi) is 18.5. The molecule has 1 amide bonds. The van der Waals surface area contributed by atoms with E-state index < -0.39 is 71.6 Å². The molecule has 4 fully saturated rings. The van der Waals surface area contributed by atoms with Crippen molar-refractivity contribution >= 4 is 40.1 Å². The minimum Gasteiger partial charge on any atom is -0.444 e. The first-order chi connectivity index (χ1) is 44.8. The number of carbonyl (C=O) groups excluding carboxylic acids is 1. The molecule has 0 bridgehead atoms. The molecular formula is C64H72F6N16O8. The zero-order chi connectivity index (χ0) is 66.4. The Balaban J connectivity index is 0.000000180. The summed E-state index contributed by atoms with van der Waals surface area (Å²) < 4.78 is 118. The van der Waals surface area contributed by atoms with Crippen LogP contribution < -0.4 is 10.6 Å². The average Bonchev–Trinajstić information content (AvgIpc) is 1.59. The maximum Gasteiger partial charge on any atom is 0.420 e. The fourth-order valence-corrected chi connectivity index (χ4v) is 12.5. The Hall–Kier alpha value is -8.71. The summed E-state index contributed by atoms with van der Waals surface area (Å²) >= 11 is 0. The van der Waals surface area contributed by atoms with Gasteiger partial charge in [-0.2, -0.15) is 36.5 Å². The number of amides is 1. The highest BCUT2D eigenvalue weighted by atomic mass is 19.4. The number of ether oxygens (including phenoxy) is 3. The molecule has 6 atom stereocenters. The molecule has 13 rings (SSSR count). The second kappa shape index (κ2) is 26.6. The van der Waals surface area contributed by atoms with Crippen LogP contribution in [0.4, 0.5) is 43.0 Å². The molecule has 4 saturated heterocycles. The molecule has 24 nitrogen and oxygen atoms in total. The number of anilines is 2. The van der Waals surface area contributed by atoms with Crippen molar-refractivity contribution < 1.29 is 64.6 Å². The fraction of sp³-hybridized carbons (Fsp3) is 0.484. The lowest BCUT2D eigenvalue weighted by atomic mass is 10.0. The van der Waals surface area contributed by atoms with E-state index in [-0.39, 0.29) is 54.5 Å². The third-order valence-electron chi connectivity index (χ3n) is 16.7. The zero-order valence-corrected chi connectivity index (χ0v) is 52.8. The van der Waals surface area contributed by atoms with E-state index in [9.17, 15) is 41.4 Å². The summed E-state index contributed by atoms with van der Waals surface area (Å²) in [5, 5.41) is 45.5. The van der Waals surface area contributed by atoms with Crippen molar-refractivity contribution in [3.05, 3.63) is 107 Å². The number of rotatable bonds is 12. The van der Waals surface area contributed by atoms with E-state index in [0.29, 0.717) is 126 Å². The van der Waals surface area contributed by atoms with Crippen molar-refractivity contribution in [1.29, 1.82) is 0 Å². The number of aryl methyl sites for hydroxylation is 4. The van der Waals surface area contributed by atoms with Crippen LogP contribution in [0.5, 0.6) is 0 Å². The normalized spacial score (nSPS) is 20.9. The highest BCUT2D eigenvalue weighted by Gasteiger charge is 2.41. The van der Waals surface area contributed by atoms with Crippen molar-refractivity contribution in [3.8, 4) is 45.3 Å². The van der Waals surface area contributed by atoms with Gasteiger partial charge in [0.25, 0.3) is 0 Å². The predicted molar refractivity (Wildman–Crippen MR) is 330 cm³/mol. The number of aromatic nitrogens is 12. The van der Waals surface area contributed by atoms with Crippen molar-refractivity contribution in [2.24, 2.45) is 0 Å². The van der Waals surface area contributed by atoms with E-state index in [0.717, 1.165) is 37.4 Å². The zero-order valence-electron chi connectivity index (χ0n) is 52.8. The number of fused-ring (bicyclic) bond motifs is 2. The monoisotopic (exact) mass is 1310 g/mol. The Morgan fingerprint density at radius 2 is 1.09 bits per heavy atom. The summed E-state index contributed by atoms with van der Waals surface area (Å²) in [4.78, 5) is 42.7. The Morgan fingerprint density at radius 3 is 1.52 bits per heavy atom. The topological polar surface area (TPSA) is 281 Å². The molecule has 9 aromatic rings. The number of benzene rings is 1. The minimum absolute atomic E-state index is 0.0173. The quantitative estimate of drug-likeness (QED) is 0.0827. The van der Waals surface area contributed by atoms with Crippen molar-refractivity contribution in [3.63, 3.8) is 0 Å². The van der Waals surface area contributed by atoms with Crippen LogP contribution in [-0.4, -0.2) is 155 Å². The van der Waals surface area contributed by atoms with Crippen LogP contribution in [-0.2, 0) is 33.1 Å². The van der Waals surface area contributed by atoms with Gasteiger partial charge in [0, 0.05) is 74.6 Å². The lowest BCUT2D eigenvalue weighted by molar-refractivity contribution is -0.138. The number of hydrogen-bond acceptors (Lipinski definition) is 21. The van der Waals surface area contributed by atoms with Gasteiger partial charge >= 0.3 is 18.4 Å². The molecule has 0 aliphatic carbocycles. The maximum atomic E-state index is 14.5. The van der Waals surface area contributed by atoms with E-state index in [4.69, 9.17) is 38.3 Å². The van der Waals surface area contributed by atoms with Gasteiger partial charge < -0.3 is 49.0 Å². The van der Waals surface area contributed by atoms with Crippen LogP contribution in [0.15, 0.2) is 76.0 Å². The van der Waals surface area contributed by atoms with Gasteiger partial charge in [0.2, 0.25) is 11.9 Å². The van der Waals surface area contributed by atoms with E-state index in [1.165, 1.54) is 9.58 Å². The first-order valence-electron chi connectivity index (χ1n) is 31.2. The van der Waals surface area contributed by atoms with Crippen LogP contribution in [0.3, 0.4) is 0 Å². The number of aliphatic hydroxyl groups excluding tert-OH is 2. The number of alkyl halides is 6. The minimum atomic E-state index is -4.80. The molecule has 4 N–H and O–H groups in total. The standard InChI is InChI=1S/C33H35F3N8O3.C31H37F3N8O5/c1-19-28(20(2)47-42-19)26-12-11-24-29(41-44(31(24)39-26)27-10-6-7-13-46-27)30-25(33(34,35)36)15-37-32(40-30)38-22-14-23(45)18-43(17-22)16-21-8-4-3-5-9-21;1-16-24(17(2)47-40-16)22-10-9-20-25(39-42(27(20)37-22)23-8-6-7-11-45-23)26-21(31(32,33)34)13-35-28(38-26)36-18-12-19(43)15-41(14-18)29(44)46-30(3,4)5/h3-5,8-9,11-12,15,22-23,27,45H,6-7,10,13-14,16-18H2,1-2H3,(H,37,38,40);9-10,13,18-19,23,43H,6-8,11-12,14-15H2,1-5H3,(H,35,36,38)/t22-,23+,27?;18-,19+,23?/m00/s1. The molecule has 30 heteroatoms. The van der Waals surface area contributed by atoms with Gasteiger partial charge in [-0.25, -0.2) is 44.1 Å². The molecule has 4 aliphatic rings. The Labute approximate surface area is 535 Å². The van der Waals surface area contributed by atoms with Gasteiger partial charge in [-0.3, -0.25) is 4.90 Å². The number of carbonyl (C=O) groups is 1. The number of nitrogens with one attached hydrogen (secondary N) is 2. The van der Waals surface area contributed by atoms with E-state index in [1.54, 1.807) is 70.5 Å². The summed E-state index contributed by atoms with van der Waals surface area (Å²) in [7, 11) is 0. The molecule has 0 saturated carbocycles. The SMILES string of the molecule is Cc1noc(C)c1-c1ccc2c(-c3nc(N[C@H]4C[C@@H](O)CN(C(=O)OC(C)(C)C)C4)ncc3C(F)(F)F)nn(C3CCCCO3)c2n1.Cc1noc(C)c1-c1ccc2c(-c3nc(N[C@H]4C[C@@H](O)CN(Cc5ccccc5)C4)ncc3C(F)(F)F)nn(C3CCCCO3)c2n1. The summed E-state index contributed by atoms with van der Waals surface area (Å²) in [5.74, 6) is 1.03. The number of hydrogen-bond donors (Lipinski definition) is 4. The molecule has 12 heterocycles. The molecule has 4 aliphatic heterocycles. The van der Waals surface area contributed by atoms with Crippen LogP contribution in [0, 0.1) is 27.7 Å². The smallest absolute Gasteiger partial charge is 0.420 e. The van der Waals surface area contributed by atoms with Gasteiger partial charge in [0.05, 0.1) is 52.7 Å². The molecule has 2 unspecified atom stereocenters. The first kappa shape index (κ1) is 65.4. The van der Waals surface area contributed by atoms with Crippen molar-refractivity contribution in [2.45, 2.75) is 161 Å². The first-order valence-corrected chi connectivity index (χ1v) is 31.2. The molecule has 0 radical (unpaired) electrons. The number of pyridine rings is 2. The van der Waals surface area contributed by atoms with Crippen molar-refractivity contribution in [1.82, 2.24) is 69.6 Å². The lowest BCUT2D eigenvalue weighted by Crippen LogP contribution is -2.52. The Bertz CT molecular complexity index is 4140. The summed E-state index contributed by atoms with van der Waals surface area (Å²) in [6.45, 7) is 15.2. The fourth-order valence-electron chi connectivity index (χ4n) is 12.5. The number of aliphatic hydroxyl groups is 2. The summed E-state index contributed by atoms with van der Waals surface area (Å²) in [6, 6.07) is 15.8.